The zero-order chi connectivity index (χ0) is 15.4. The summed E-state index contributed by atoms with van der Waals surface area (Å²) in [4.78, 5) is 10.9. The van der Waals surface area contributed by atoms with Crippen LogP contribution < -0.4 is 0 Å². The molecule has 1 amide bonds. The van der Waals surface area contributed by atoms with Crippen LogP contribution in [0.5, 0.6) is 0 Å². The van der Waals surface area contributed by atoms with Crippen LogP contribution in [-0.4, -0.2) is 42.0 Å². The van der Waals surface area contributed by atoms with Gasteiger partial charge in [-0.25, -0.2) is 5.01 Å². The van der Waals surface area contributed by atoms with Gasteiger partial charge in [0.15, 0.2) is 0 Å². The quantitative estimate of drug-likeness (QED) is 0.196. The van der Waals surface area contributed by atoms with Gasteiger partial charge < -0.3 is 0 Å². The van der Waals surface area contributed by atoms with Crippen molar-refractivity contribution in [1.29, 1.82) is 0 Å². The maximum atomic E-state index is 11.2. The Morgan fingerprint density at radius 2 is 1.70 bits per heavy atom. The number of hydrazine groups is 1. The summed E-state index contributed by atoms with van der Waals surface area (Å²) in [5, 5.41) is 7.92. The van der Waals surface area contributed by atoms with Gasteiger partial charge in [-0.3, -0.25) is 9.35 Å². The SMILES string of the molecule is CCCCCN=NN(N(C=O)CCCCC)S(=O)(=O)O. The number of amides is 1. The molecule has 8 nitrogen and oxygen atoms in total. The Morgan fingerprint density at radius 3 is 2.20 bits per heavy atom. The van der Waals surface area contributed by atoms with E-state index < -0.39 is 10.3 Å². The van der Waals surface area contributed by atoms with Crippen molar-refractivity contribution < 1.29 is 17.8 Å². The van der Waals surface area contributed by atoms with Crippen molar-refractivity contribution in [2.75, 3.05) is 13.1 Å². The lowest BCUT2D eigenvalue weighted by molar-refractivity contribution is -0.128. The fourth-order valence-corrected chi connectivity index (χ4v) is 1.99. The zero-order valence-electron chi connectivity index (χ0n) is 12.1. The smallest absolute Gasteiger partial charge is 0.277 e. The Morgan fingerprint density at radius 1 is 1.10 bits per heavy atom. The summed E-state index contributed by atoms with van der Waals surface area (Å²) in [5.74, 6) is 0. The molecule has 0 bridgehead atoms. The topological polar surface area (TPSA) is 103 Å². The summed E-state index contributed by atoms with van der Waals surface area (Å²) >= 11 is 0. The molecule has 0 spiro atoms. The van der Waals surface area contributed by atoms with Crippen LogP contribution in [0.3, 0.4) is 0 Å². The Bertz CT molecular complexity index is 386. The minimum Gasteiger partial charge on any atom is -0.277 e. The largest absolute Gasteiger partial charge is 0.395 e. The summed E-state index contributed by atoms with van der Waals surface area (Å²) in [7, 11) is -4.64. The molecule has 0 radical (unpaired) electrons. The highest BCUT2D eigenvalue weighted by atomic mass is 32.2. The highest BCUT2D eigenvalue weighted by Gasteiger charge is 2.24. The molecule has 0 aliphatic heterocycles. The van der Waals surface area contributed by atoms with Gasteiger partial charge in [-0.05, 0) is 22.6 Å². The number of nitrogens with zero attached hydrogens (tertiary/aromatic N) is 4. The zero-order valence-corrected chi connectivity index (χ0v) is 12.9. The second kappa shape index (κ2) is 10.6. The average Bonchev–Trinajstić information content (AvgIpc) is 2.39. The number of rotatable bonds is 12. The van der Waals surface area contributed by atoms with E-state index in [4.69, 9.17) is 4.55 Å². The molecule has 0 saturated heterocycles. The van der Waals surface area contributed by atoms with Gasteiger partial charge in [0.1, 0.15) is 0 Å². The molecule has 0 unspecified atom stereocenters. The third-order valence-corrected chi connectivity index (χ3v) is 3.24. The summed E-state index contributed by atoms with van der Waals surface area (Å²) in [6.45, 7) is 4.52. The standard InChI is InChI=1S/C11H24N4O4S/c1-3-5-7-9-12-13-15(20(17,18)19)14(11-16)10-8-6-4-2/h11H,3-10H2,1-2H3,(H,17,18,19). The Kier molecular flexibility index (Phi) is 9.91. The van der Waals surface area contributed by atoms with Gasteiger partial charge in [0.05, 0.1) is 6.54 Å². The third-order valence-electron chi connectivity index (χ3n) is 2.54. The van der Waals surface area contributed by atoms with Gasteiger partial charge in [0, 0.05) is 6.54 Å². The van der Waals surface area contributed by atoms with Crippen molar-refractivity contribution in [2.45, 2.75) is 52.4 Å². The summed E-state index contributed by atoms with van der Waals surface area (Å²) in [6.07, 6.45) is 5.44. The Balaban J connectivity index is 4.64. The summed E-state index contributed by atoms with van der Waals surface area (Å²) in [5.41, 5.74) is 0. The van der Waals surface area contributed by atoms with Crippen LogP contribution in [0.2, 0.25) is 0 Å². The molecule has 0 aromatic heterocycles. The molecule has 20 heavy (non-hydrogen) atoms. The van der Waals surface area contributed by atoms with Gasteiger partial charge in [-0.1, -0.05) is 39.5 Å². The molecule has 0 fully saturated rings. The number of unbranched alkanes of at least 4 members (excludes halogenated alkanes) is 4. The van der Waals surface area contributed by atoms with E-state index in [1.807, 2.05) is 13.8 Å². The number of hydrogen-bond donors (Lipinski definition) is 1. The second-order valence-electron chi connectivity index (χ2n) is 4.34. The average molecular weight is 308 g/mol. The van der Waals surface area contributed by atoms with Crippen LogP contribution in [-0.2, 0) is 15.1 Å². The van der Waals surface area contributed by atoms with E-state index >= 15 is 0 Å². The highest BCUT2D eigenvalue weighted by molar-refractivity contribution is 7.83. The van der Waals surface area contributed by atoms with E-state index in [0.29, 0.717) is 19.4 Å². The lowest BCUT2D eigenvalue weighted by Gasteiger charge is -2.24. The van der Waals surface area contributed by atoms with E-state index in [-0.39, 0.29) is 11.1 Å². The first-order valence-electron chi connectivity index (χ1n) is 6.84. The van der Waals surface area contributed by atoms with Crippen LogP contribution in [0.4, 0.5) is 0 Å². The minimum atomic E-state index is -4.64. The molecule has 0 rings (SSSR count). The van der Waals surface area contributed by atoms with Crippen LogP contribution in [0, 0.1) is 0 Å². The number of carbonyl (C=O) groups is 1. The van der Waals surface area contributed by atoms with E-state index in [9.17, 15) is 13.2 Å². The van der Waals surface area contributed by atoms with Crippen LogP contribution >= 0.6 is 0 Å². The van der Waals surface area contributed by atoms with E-state index in [1.165, 1.54) is 0 Å². The molecule has 0 saturated carbocycles. The molecule has 0 aliphatic rings. The summed E-state index contributed by atoms with van der Waals surface area (Å²) < 4.78 is 31.7. The van der Waals surface area contributed by atoms with Gasteiger partial charge >= 0.3 is 10.3 Å². The third kappa shape index (κ3) is 8.05. The fourth-order valence-electron chi connectivity index (χ4n) is 1.46. The Hall–Kier alpha value is -1.22. The van der Waals surface area contributed by atoms with Gasteiger partial charge in [-0.2, -0.15) is 13.5 Å². The Labute approximate surface area is 120 Å². The van der Waals surface area contributed by atoms with E-state index in [0.717, 1.165) is 37.1 Å². The molecule has 0 aliphatic carbocycles. The first-order valence-corrected chi connectivity index (χ1v) is 8.24. The molecule has 118 valence electrons. The van der Waals surface area contributed by atoms with Gasteiger partial charge in [-0.15, -0.1) is 0 Å². The molecule has 0 atom stereocenters. The van der Waals surface area contributed by atoms with Gasteiger partial charge in [0.2, 0.25) is 6.41 Å². The van der Waals surface area contributed by atoms with Crippen LogP contribution in [0.25, 0.3) is 0 Å². The molecule has 0 aromatic rings. The molecular weight excluding hydrogens is 284 g/mol. The molecule has 1 N–H and O–H groups in total. The molecule has 0 aromatic carbocycles. The summed E-state index contributed by atoms with van der Waals surface area (Å²) in [6, 6.07) is 0. The molecule has 0 heterocycles. The van der Waals surface area contributed by atoms with E-state index in [1.54, 1.807) is 0 Å². The minimum absolute atomic E-state index is 0.158. The van der Waals surface area contributed by atoms with Crippen molar-refractivity contribution in [1.82, 2.24) is 9.53 Å². The predicted molar refractivity (Wildman–Crippen MR) is 74.9 cm³/mol. The fraction of sp³-hybridized carbons (Fsp3) is 0.909. The van der Waals surface area contributed by atoms with Crippen LogP contribution in [0.1, 0.15) is 52.4 Å². The van der Waals surface area contributed by atoms with Crippen molar-refractivity contribution in [2.24, 2.45) is 10.3 Å². The normalized spacial score (nSPS) is 11.8. The number of carbonyl (C=O) groups excluding carboxylic acids is 1. The lowest BCUT2D eigenvalue weighted by Crippen LogP contribution is -2.42. The van der Waals surface area contributed by atoms with Crippen molar-refractivity contribution in [3.63, 3.8) is 0 Å². The van der Waals surface area contributed by atoms with Crippen molar-refractivity contribution >= 4 is 16.7 Å². The first-order chi connectivity index (χ1) is 9.47. The highest BCUT2D eigenvalue weighted by Crippen LogP contribution is 2.07. The molecular formula is C11H24N4O4S. The van der Waals surface area contributed by atoms with E-state index in [2.05, 4.69) is 10.3 Å². The maximum Gasteiger partial charge on any atom is 0.395 e. The van der Waals surface area contributed by atoms with Gasteiger partial charge in [0.25, 0.3) is 0 Å². The van der Waals surface area contributed by atoms with Crippen molar-refractivity contribution in [3.8, 4) is 0 Å². The van der Waals surface area contributed by atoms with Crippen molar-refractivity contribution in [3.05, 3.63) is 0 Å². The van der Waals surface area contributed by atoms with Crippen LogP contribution in [0.15, 0.2) is 10.3 Å². The predicted octanol–water partition coefficient (Wildman–Crippen LogP) is 2.21. The first kappa shape index (κ1) is 18.8. The monoisotopic (exact) mass is 308 g/mol. The lowest BCUT2D eigenvalue weighted by atomic mass is 10.2. The maximum absolute atomic E-state index is 11.2. The second-order valence-corrected chi connectivity index (χ2v) is 5.56. The molecule has 9 heteroatoms. The number of hydrogen-bond acceptors (Lipinski definition) is 5.